The largest absolute Gasteiger partial charge is 0.313 e. The summed E-state index contributed by atoms with van der Waals surface area (Å²) in [7, 11) is 0. The third kappa shape index (κ3) is 3.80. The summed E-state index contributed by atoms with van der Waals surface area (Å²) in [4.78, 5) is 8.06. The number of hydrogen-bond acceptors (Lipinski definition) is 4. The van der Waals surface area contributed by atoms with Crippen LogP contribution in [0.5, 0.6) is 0 Å². The van der Waals surface area contributed by atoms with Crippen LogP contribution in [0, 0.1) is 5.92 Å². The first-order valence-corrected chi connectivity index (χ1v) is 6.47. The first-order chi connectivity index (χ1) is 7.36. The lowest BCUT2D eigenvalue weighted by Crippen LogP contribution is -2.29. The summed E-state index contributed by atoms with van der Waals surface area (Å²) in [6.07, 6.45) is 6.21. The van der Waals surface area contributed by atoms with Gasteiger partial charge in [-0.1, -0.05) is 0 Å². The minimum atomic E-state index is 0.691. The second-order valence-electron chi connectivity index (χ2n) is 3.98. The lowest BCUT2D eigenvalue weighted by molar-refractivity contribution is 0.514. The van der Waals surface area contributed by atoms with Gasteiger partial charge in [-0.15, -0.1) is 11.8 Å². The molecule has 3 nitrogen and oxygen atoms in total. The van der Waals surface area contributed by atoms with Crippen LogP contribution >= 0.6 is 11.8 Å². The molecule has 0 saturated heterocycles. The smallest absolute Gasteiger partial charge is 0.116 e. The Morgan fingerprint density at radius 2 is 2.47 bits per heavy atom. The lowest BCUT2D eigenvalue weighted by atomic mass is 10.2. The van der Waals surface area contributed by atoms with Gasteiger partial charge in [-0.2, -0.15) is 0 Å². The number of aromatic nitrogens is 2. The van der Waals surface area contributed by atoms with E-state index in [1.165, 1.54) is 12.8 Å². The predicted octanol–water partition coefficient (Wildman–Crippen LogP) is 1.96. The predicted molar refractivity (Wildman–Crippen MR) is 62.9 cm³/mol. The van der Waals surface area contributed by atoms with Gasteiger partial charge in [0.25, 0.3) is 0 Å². The van der Waals surface area contributed by atoms with Crippen LogP contribution in [0.15, 0.2) is 23.6 Å². The number of rotatable bonds is 6. The van der Waals surface area contributed by atoms with E-state index in [9.17, 15) is 0 Å². The molecule has 1 N–H and O–H groups in total. The van der Waals surface area contributed by atoms with Crippen LogP contribution < -0.4 is 5.32 Å². The summed E-state index contributed by atoms with van der Waals surface area (Å²) in [6, 6.07) is 2.64. The maximum absolute atomic E-state index is 4.17. The zero-order valence-electron chi connectivity index (χ0n) is 9.02. The van der Waals surface area contributed by atoms with Crippen molar-refractivity contribution in [2.45, 2.75) is 30.8 Å². The van der Waals surface area contributed by atoms with E-state index in [0.717, 1.165) is 23.2 Å². The maximum Gasteiger partial charge on any atom is 0.116 e. The summed E-state index contributed by atoms with van der Waals surface area (Å²) in [5.74, 6) is 2.02. The Morgan fingerprint density at radius 1 is 1.60 bits per heavy atom. The molecule has 1 saturated carbocycles. The van der Waals surface area contributed by atoms with Gasteiger partial charge in [0.05, 0.1) is 5.03 Å². The van der Waals surface area contributed by atoms with E-state index in [0.29, 0.717) is 6.04 Å². The minimum Gasteiger partial charge on any atom is -0.313 e. The Kier molecular flexibility index (Phi) is 3.97. The van der Waals surface area contributed by atoms with Crippen molar-refractivity contribution in [3.63, 3.8) is 0 Å². The van der Waals surface area contributed by atoms with Crippen LogP contribution in [0.1, 0.15) is 19.8 Å². The molecule has 0 aliphatic heterocycles. The summed E-state index contributed by atoms with van der Waals surface area (Å²) < 4.78 is 0. The molecule has 2 rings (SSSR count). The zero-order valence-corrected chi connectivity index (χ0v) is 9.83. The highest BCUT2D eigenvalue weighted by Gasteiger charge is 2.27. The minimum absolute atomic E-state index is 0.691. The van der Waals surface area contributed by atoms with Gasteiger partial charge in [0.2, 0.25) is 0 Å². The van der Waals surface area contributed by atoms with Crippen molar-refractivity contribution in [1.82, 2.24) is 15.3 Å². The number of nitrogens with zero attached hydrogens (tertiary/aromatic N) is 2. The maximum atomic E-state index is 4.17. The third-order valence-electron chi connectivity index (χ3n) is 2.70. The van der Waals surface area contributed by atoms with Crippen LogP contribution in [0.4, 0.5) is 0 Å². The Labute approximate surface area is 95.1 Å². The topological polar surface area (TPSA) is 37.8 Å². The van der Waals surface area contributed by atoms with Gasteiger partial charge in [0.1, 0.15) is 6.33 Å². The lowest BCUT2D eigenvalue weighted by Gasteiger charge is -2.11. The van der Waals surface area contributed by atoms with Crippen molar-refractivity contribution in [1.29, 1.82) is 0 Å². The molecule has 1 aromatic rings. The zero-order chi connectivity index (χ0) is 10.5. The highest BCUT2D eigenvalue weighted by atomic mass is 32.2. The molecule has 1 unspecified atom stereocenters. The Balaban J connectivity index is 1.58. The summed E-state index contributed by atoms with van der Waals surface area (Å²) >= 11 is 1.78. The van der Waals surface area contributed by atoms with Crippen molar-refractivity contribution < 1.29 is 0 Å². The molecule has 0 radical (unpaired) electrons. The average molecular weight is 223 g/mol. The van der Waals surface area contributed by atoms with Gasteiger partial charge >= 0.3 is 0 Å². The number of hydrogen-bond donors (Lipinski definition) is 1. The van der Waals surface area contributed by atoms with E-state index >= 15 is 0 Å². The molecular formula is C11H17N3S. The van der Waals surface area contributed by atoms with Crippen LogP contribution in [-0.4, -0.2) is 28.3 Å². The standard InChI is InChI=1S/C11H17N3S/c1-9(10-2-3-10)13-6-7-15-11-4-5-12-8-14-11/h4-5,8-10,13H,2-3,6-7H2,1H3. The fraction of sp³-hybridized carbons (Fsp3) is 0.636. The summed E-state index contributed by atoms with van der Waals surface area (Å²) in [5, 5.41) is 4.61. The molecule has 15 heavy (non-hydrogen) atoms. The summed E-state index contributed by atoms with van der Waals surface area (Å²) in [5.41, 5.74) is 0. The highest BCUT2D eigenvalue weighted by Crippen LogP contribution is 2.32. The van der Waals surface area contributed by atoms with Crippen molar-refractivity contribution in [3.8, 4) is 0 Å². The van der Waals surface area contributed by atoms with Crippen molar-refractivity contribution in [2.75, 3.05) is 12.3 Å². The summed E-state index contributed by atoms with van der Waals surface area (Å²) in [6.45, 7) is 3.35. The molecular weight excluding hydrogens is 206 g/mol. The van der Waals surface area contributed by atoms with E-state index in [1.54, 1.807) is 24.3 Å². The number of thioether (sulfide) groups is 1. The highest BCUT2D eigenvalue weighted by molar-refractivity contribution is 7.99. The Morgan fingerprint density at radius 3 is 3.13 bits per heavy atom. The molecule has 4 heteroatoms. The van der Waals surface area contributed by atoms with Gasteiger partial charge in [0, 0.05) is 24.5 Å². The van der Waals surface area contributed by atoms with Gasteiger partial charge in [-0.25, -0.2) is 9.97 Å². The molecule has 0 bridgehead atoms. The molecule has 1 aromatic heterocycles. The third-order valence-corrected chi connectivity index (χ3v) is 3.65. The molecule has 1 heterocycles. The van der Waals surface area contributed by atoms with E-state index in [4.69, 9.17) is 0 Å². The number of nitrogens with one attached hydrogen (secondary N) is 1. The molecule has 0 spiro atoms. The van der Waals surface area contributed by atoms with Gasteiger partial charge in [-0.05, 0) is 31.7 Å². The van der Waals surface area contributed by atoms with Gasteiger partial charge in [-0.3, -0.25) is 0 Å². The van der Waals surface area contributed by atoms with E-state index in [2.05, 4.69) is 22.2 Å². The average Bonchev–Trinajstić information content (AvgIpc) is 3.09. The first kappa shape index (κ1) is 10.9. The van der Waals surface area contributed by atoms with E-state index in [1.807, 2.05) is 6.07 Å². The normalized spacial score (nSPS) is 17.7. The van der Waals surface area contributed by atoms with Crippen LogP contribution in [-0.2, 0) is 0 Å². The molecule has 0 aromatic carbocycles. The van der Waals surface area contributed by atoms with Gasteiger partial charge in [0.15, 0.2) is 0 Å². The first-order valence-electron chi connectivity index (χ1n) is 5.48. The van der Waals surface area contributed by atoms with Crippen molar-refractivity contribution in [2.24, 2.45) is 5.92 Å². The molecule has 1 fully saturated rings. The van der Waals surface area contributed by atoms with Crippen LogP contribution in [0.3, 0.4) is 0 Å². The fourth-order valence-corrected chi connectivity index (χ4v) is 2.28. The second kappa shape index (κ2) is 5.47. The quantitative estimate of drug-likeness (QED) is 0.454. The van der Waals surface area contributed by atoms with Crippen molar-refractivity contribution >= 4 is 11.8 Å². The molecule has 0 amide bonds. The van der Waals surface area contributed by atoms with Gasteiger partial charge < -0.3 is 5.32 Å². The van der Waals surface area contributed by atoms with Crippen molar-refractivity contribution in [3.05, 3.63) is 18.6 Å². The molecule has 1 aliphatic rings. The fourth-order valence-electron chi connectivity index (χ4n) is 1.57. The molecule has 82 valence electrons. The van der Waals surface area contributed by atoms with Crippen LogP contribution in [0.25, 0.3) is 0 Å². The van der Waals surface area contributed by atoms with Crippen LogP contribution in [0.2, 0.25) is 0 Å². The molecule has 1 aliphatic carbocycles. The molecule has 1 atom stereocenters. The van der Waals surface area contributed by atoms with E-state index < -0.39 is 0 Å². The Hall–Kier alpha value is -0.610. The second-order valence-corrected chi connectivity index (χ2v) is 5.09. The Bertz CT molecular complexity index is 287. The van der Waals surface area contributed by atoms with E-state index in [-0.39, 0.29) is 0 Å². The SMILES string of the molecule is CC(NCCSc1ccncn1)C1CC1. The monoisotopic (exact) mass is 223 g/mol.